The molecular weight excluding hydrogens is 188 g/mol. The molecule has 0 spiro atoms. The highest BCUT2D eigenvalue weighted by Gasteiger charge is 2.25. The summed E-state index contributed by atoms with van der Waals surface area (Å²) in [6, 6.07) is 0.707. The molecule has 0 saturated heterocycles. The summed E-state index contributed by atoms with van der Waals surface area (Å²) in [5.74, 6) is 1.03. The smallest absolute Gasteiger partial charge is 0.203 e. The number of hydrogen-bond donors (Lipinski definition) is 1. The summed E-state index contributed by atoms with van der Waals surface area (Å²) >= 11 is 0. The van der Waals surface area contributed by atoms with Gasteiger partial charge < -0.3 is 14.8 Å². The number of rotatable bonds is 6. The van der Waals surface area contributed by atoms with E-state index in [2.05, 4.69) is 39.9 Å². The number of nitrogens with zero attached hydrogens (tertiary/aromatic N) is 3. The van der Waals surface area contributed by atoms with Crippen molar-refractivity contribution in [2.45, 2.75) is 25.8 Å². The minimum atomic E-state index is 0.707. The van der Waals surface area contributed by atoms with Gasteiger partial charge in [0.1, 0.15) is 0 Å². The SMILES string of the molecule is CCN(C)CCNc1nccn1C1CC1. The predicted octanol–water partition coefficient (Wildman–Crippen LogP) is 1.58. The van der Waals surface area contributed by atoms with Crippen LogP contribution in [-0.4, -0.2) is 41.1 Å². The Kier molecular flexibility index (Phi) is 3.26. The van der Waals surface area contributed by atoms with E-state index in [1.54, 1.807) is 0 Å². The molecule has 1 aliphatic carbocycles. The third-order valence-corrected chi connectivity index (χ3v) is 2.93. The molecule has 1 aliphatic rings. The largest absolute Gasteiger partial charge is 0.354 e. The van der Waals surface area contributed by atoms with E-state index < -0.39 is 0 Å². The molecule has 0 aromatic carbocycles. The van der Waals surface area contributed by atoms with Crippen molar-refractivity contribution in [3.63, 3.8) is 0 Å². The zero-order chi connectivity index (χ0) is 10.7. The van der Waals surface area contributed by atoms with E-state index >= 15 is 0 Å². The van der Waals surface area contributed by atoms with E-state index in [9.17, 15) is 0 Å². The van der Waals surface area contributed by atoms with Gasteiger partial charge in [-0.3, -0.25) is 0 Å². The summed E-state index contributed by atoms with van der Waals surface area (Å²) in [7, 11) is 2.13. The Morgan fingerprint density at radius 1 is 1.60 bits per heavy atom. The quantitative estimate of drug-likeness (QED) is 0.770. The van der Waals surface area contributed by atoms with Crippen LogP contribution < -0.4 is 5.32 Å². The highest BCUT2D eigenvalue weighted by atomic mass is 15.2. The molecule has 0 unspecified atom stereocenters. The van der Waals surface area contributed by atoms with Crippen LogP contribution in [0.1, 0.15) is 25.8 Å². The van der Waals surface area contributed by atoms with Gasteiger partial charge in [-0.1, -0.05) is 6.92 Å². The summed E-state index contributed by atoms with van der Waals surface area (Å²) < 4.78 is 2.26. The van der Waals surface area contributed by atoms with Crippen LogP contribution in [0.3, 0.4) is 0 Å². The van der Waals surface area contributed by atoms with Crippen molar-refractivity contribution in [2.24, 2.45) is 0 Å². The Morgan fingerprint density at radius 2 is 2.40 bits per heavy atom. The van der Waals surface area contributed by atoms with E-state index in [0.29, 0.717) is 6.04 Å². The zero-order valence-corrected chi connectivity index (χ0v) is 9.61. The standard InChI is InChI=1S/C11H20N4/c1-3-14(2)8-6-12-11-13-7-9-15(11)10-4-5-10/h7,9-10H,3-6,8H2,1-2H3,(H,12,13). The second-order valence-corrected chi connectivity index (χ2v) is 4.21. The van der Waals surface area contributed by atoms with E-state index in [1.165, 1.54) is 12.8 Å². The van der Waals surface area contributed by atoms with Gasteiger partial charge in [0.2, 0.25) is 5.95 Å². The van der Waals surface area contributed by atoms with Crippen LogP contribution in [0.2, 0.25) is 0 Å². The monoisotopic (exact) mass is 208 g/mol. The van der Waals surface area contributed by atoms with Crippen molar-refractivity contribution in [1.82, 2.24) is 14.5 Å². The molecule has 1 saturated carbocycles. The van der Waals surface area contributed by atoms with Crippen LogP contribution in [0.25, 0.3) is 0 Å². The normalized spacial score (nSPS) is 15.9. The van der Waals surface area contributed by atoms with Crippen molar-refractivity contribution >= 4 is 5.95 Å². The lowest BCUT2D eigenvalue weighted by molar-refractivity contribution is 0.366. The molecule has 0 radical (unpaired) electrons. The number of likely N-dealkylation sites (N-methyl/N-ethyl adjacent to an activating group) is 1. The summed E-state index contributed by atoms with van der Waals surface area (Å²) in [5.41, 5.74) is 0. The minimum absolute atomic E-state index is 0.707. The van der Waals surface area contributed by atoms with Crippen molar-refractivity contribution in [2.75, 3.05) is 32.0 Å². The first-order valence-electron chi connectivity index (χ1n) is 5.76. The molecule has 1 aromatic rings. The summed E-state index contributed by atoms with van der Waals surface area (Å²) in [4.78, 5) is 6.62. The molecular formula is C11H20N4. The summed E-state index contributed by atoms with van der Waals surface area (Å²) in [6.45, 7) is 5.30. The maximum Gasteiger partial charge on any atom is 0.203 e. The molecule has 1 fully saturated rings. The van der Waals surface area contributed by atoms with E-state index in [1.807, 2.05) is 6.20 Å². The Morgan fingerprint density at radius 3 is 3.07 bits per heavy atom. The first-order valence-corrected chi connectivity index (χ1v) is 5.76. The highest BCUT2D eigenvalue weighted by molar-refractivity contribution is 5.27. The molecule has 4 nitrogen and oxygen atoms in total. The summed E-state index contributed by atoms with van der Waals surface area (Å²) in [5, 5.41) is 3.39. The van der Waals surface area contributed by atoms with Crippen LogP contribution in [0.5, 0.6) is 0 Å². The lowest BCUT2D eigenvalue weighted by Gasteiger charge is -2.14. The fourth-order valence-electron chi connectivity index (χ4n) is 1.61. The Balaban J connectivity index is 1.80. The van der Waals surface area contributed by atoms with Gasteiger partial charge in [0, 0.05) is 31.5 Å². The van der Waals surface area contributed by atoms with E-state index in [4.69, 9.17) is 0 Å². The number of nitrogens with one attached hydrogen (secondary N) is 1. The third kappa shape index (κ3) is 2.72. The second kappa shape index (κ2) is 4.66. The van der Waals surface area contributed by atoms with Crippen LogP contribution in [0.4, 0.5) is 5.95 Å². The molecule has 1 heterocycles. The van der Waals surface area contributed by atoms with Gasteiger partial charge in [0.05, 0.1) is 0 Å². The van der Waals surface area contributed by atoms with E-state index in [-0.39, 0.29) is 0 Å². The van der Waals surface area contributed by atoms with Crippen molar-refractivity contribution in [3.05, 3.63) is 12.4 Å². The van der Waals surface area contributed by atoms with Crippen LogP contribution >= 0.6 is 0 Å². The molecule has 0 bridgehead atoms. The maximum absolute atomic E-state index is 4.33. The summed E-state index contributed by atoms with van der Waals surface area (Å²) in [6.07, 6.45) is 6.56. The Labute approximate surface area is 91.3 Å². The average molecular weight is 208 g/mol. The zero-order valence-electron chi connectivity index (χ0n) is 9.61. The lowest BCUT2D eigenvalue weighted by Crippen LogP contribution is -2.25. The molecule has 0 atom stereocenters. The van der Waals surface area contributed by atoms with Crippen LogP contribution in [0.15, 0.2) is 12.4 Å². The topological polar surface area (TPSA) is 33.1 Å². The van der Waals surface area contributed by atoms with Crippen molar-refractivity contribution in [1.29, 1.82) is 0 Å². The van der Waals surface area contributed by atoms with Gasteiger partial charge in [-0.15, -0.1) is 0 Å². The van der Waals surface area contributed by atoms with Gasteiger partial charge in [-0.2, -0.15) is 0 Å². The second-order valence-electron chi connectivity index (χ2n) is 4.21. The van der Waals surface area contributed by atoms with Gasteiger partial charge in [-0.25, -0.2) is 4.98 Å². The Bertz CT molecular complexity index is 303. The molecule has 1 N–H and O–H groups in total. The maximum atomic E-state index is 4.33. The first-order chi connectivity index (χ1) is 7.31. The average Bonchev–Trinajstić information content (AvgIpc) is 2.99. The van der Waals surface area contributed by atoms with Crippen molar-refractivity contribution in [3.8, 4) is 0 Å². The molecule has 0 amide bonds. The third-order valence-electron chi connectivity index (χ3n) is 2.93. The molecule has 4 heteroatoms. The fraction of sp³-hybridized carbons (Fsp3) is 0.727. The first kappa shape index (κ1) is 10.5. The minimum Gasteiger partial charge on any atom is -0.354 e. The van der Waals surface area contributed by atoms with Gasteiger partial charge in [0.15, 0.2) is 0 Å². The number of aromatic nitrogens is 2. The van der Waals surface area contributed by atoms with Crippen LogP contribution in [-0.2, 0) is 0 Å². The van der Waals surface area contributed by atoms with Crippen LogP contribution in [0, 0.1) is 0 Å². The lowest BCUT2D eigenvalue weighted by atomic mass is 10.5. The molecule has 0 aliphatic heterocycles. The molecule has 1 aromatic heterocycles. The molecule has 2 rings (SSSR count). The number of hydrogen-bond acceptors (Lipinski definition) is 3. The fourth-order valence-corrected chi connectivity index (χ4v) is 1.61. The predicted molar refractivity (Wildman–Crippen MR) is 62.2 cm³/mol. The number of imidazole rings is 1. The van der Waals surface area contributed by atoms with Gasteiger partial charge in [0.25, 0.3) is 0 Å². The number of anilines is 1. The molecule has 15 heavy (non-hydrogen) atoms. The van der Waals surface area contributed by atoms with Crippen molar-refractivity contribution < 1.29 is 0 Å². The van der Waals surface area contributed by atoms with E-state index in [0.717, 1.165) is 25.6 Å². The van der Waals surface area contributed by atoms with Gasteiger partial charge in [-0.05, 0) is 26.4 Å². The highest BCUT2D eigenvalue weighted by Crippen LogP contribution is 2.36. The molecule has 84 valence electrons. The Hall–Kier alpha value is -1.03. The van der Waals surface area contributed by atoms with Gasteiger partial charge >= 0.3 is 0 Å².